The zero-order valence-electron chi connectivity index (χ0n) is 9.74. The van der Waals surface area contributed by atoms with Gasteiger partial charge in [-0.05, 0) is 24.3 Å². The van der Waals surface area contributed by atoms with Gasteiger partial charge >= 0.3 is 0 Å². The minimum absolute atomic E-state index is 0.601. The third kappa shape index (κ3) is 2.09. The van der Waals surface area contributed by atoms with Gasteiger partial charge in [0.2, 0.25) is 0 Å². The maximum absolute atomic E-state index is 4.31. The predicted molar refractivity (Wildman–Crippen MR) is 70.8 cm³/mol. The van der Waals surface area contributed by atoms with Crippen molar-refractivity contribution >= 4 is 10.9 Å². The van der Waals surface area contributed by atoms with Crippen molar-refractivity contribution in [2.75, 3.05) is 0 Å². The summed E-state index contributed by atoms with van der Waals surface area (Å²) in [7, 11) is 0. The summed E-state index contributed by atoms with van der Waals surface area (Å²) in [4.78, 5) is 4.31. The normalized spacial score (nSPS) is 10.0. The van der Waals surface area contributed by atoms with Crippen molar-refractivity contribution in [3.63, 3.8) is 0 Å². The summed E-state index contributed by atoms with van der Waals surface area (Å²) < 4.78 is 1.80. The van der Waals surface area contributed by atoms with E-state index < -0.39 is 0 Å². The van der Waals surface area contributed by atoms with Crippen LogP contribution in [0, 0.1) is 11.8 Å². The fraction of sp³-hybridized carbons (Fsp3) is 0.0667. The van der Waals surface area contributed by atoms with Crippen molar-refractivity contribution in [3.8, 4) is 11.8 Å². The Balaban J connectivity index is 1.93. The monoisotopic (exact) mass is 233 g/mol. The van der Waals surface area contributed by atoms with Gasteiger partial charge < -0.3 is 0 Å². The molecule has 18 heavy (non-hydrogen) atoms. The first kappa shape index (κ1) is 10.5. The molecule has 0 amide bonds. The Bertz CT molecular complexity index is 713. The molecular formula is C15H11N3. The number of benzene rings is 1. The van der Waals surface area contributed by atoms with E-state index in [1.807, 2.05) is 42.6 Å². The Morgan fingerprint density at radius 1 is 1.06 bits per heavy atom. The van der Waals surface area contributed by atoms with Crippen molar-refractivity contribution in [1.82, 2.24) is 14.8 Å². The molecule has 3 rings (SSSR count). The van der Waals surface area contributed by atoms with E-state index >= 15 is 0 Å². The van der Waals surface area contributed by atoms with Gasteiger partial charge in [-0.15, -0.1) is 0 Å². The Morgan fingerprint density at radius 3 is 2.94 bits per heavy atom. The second kappa shape index (κ2) is 4.72. The highest BCUT2D eigenvalue weighted by Crippen LogP contribution is 2.14. The Hall–Kier alpha value is -2.60. The molecule has 2 heterocycles. The largest absolute Gasteiger partial charge is 0.261 e. The first-order valence-corrected chi connectivity index (χ1v) is 5.73. The summed E-state index contributed by atoms with van der Waals surface area (Å²) in [6, 6.07) is 11.9. The van der Waals surface area contributed by atoms with Crippen LogP contribution in [-0.2, 0) is 6.54 Å². The third-order valence-corrected chi connectivity index (χ3v) is 2.67. The van der Waals surface area contributed by atoms with E-state index in [1.54, 1.807) is 17.1 Å². The van der Waals surface area contributed by atoms with Gasteiger partial charge in [0, 0.05) is 29.5 Å². The van der Waals surface area contributed by atoms with Gasteiger partial charge in [0.25, 0.3) is 0 Å². The van der Waals surface area contributed by atoms with Crippen LogP contribution in [0.15, 0.2) is 55.0 Å². The highest BCUT2D eigenvalue weighted by Gasteiger charge is 1.97. The highest BCUT2D eigenvalue weighted by atomic mass is 15.3. The van der Waals surface area contributed by atoms with Crippen LogP contribution in [0.25, 0.3) is 10.9 Å². The van der Waals surface area contributed by atoms with Crippen molar-refractivity contribution in [2.24, 2.45) is 0 Å². The fourth-order valence-corrected chi connectivity index (χ4v) is 1.82. The average molecular weight is 233 g/mol. The van der Waals surface area contributed by atoms with Crippen LogP contribution in [0.5, 0.6) is 0 Å². The molecule has 3 nitrogen and oxygen atoms in total. The van der Waals surface area contributed by atoms with E-state index in [9.17, 15) is 0 Å². The van der Waals surface area contributed by atoms with E-state index in [0.717, 1.165) is 16.5 Å². The summed E-state index contributed by atoms with van der Waals surface area (Å²) in [5.74, 6) is 6.29. The minimum atomic E-state index is 0.601. The maximum Gasteiger partial charge on any atom is 0.102 e. The minimum Gasteiger partial charge on any atom is -0.261 e. The SMILES string of the molecule is C(#Cc1cccc2ncccc12)Cn1cccn1. The molecule has 0 saturated heterocycles. The lowest BCUT2D eigenvalue weighted by molar-refractivity contribution is 0.715. The molecule has 1 aromatic carbocycles. The van der Waals surface area contributed by atoms with Gasteiger partial charge in [0.1, 0.15) is 6.54 Å². The molecule has 0 radical (unpaired) electrons. The molecule has 0 bridgehead atoms. The maximum atomic E-state index is 4.31. The lowest BCUT2D eigenvalue weighted by Crippen LogP contribution is -1.94. The van der Waals surface area contributed by atoms with Crippen molar-refractivity contribution in [1.29, 1.82) is 0 Å². The summed E-state index contributed by atoms with van der Waals surface area (Å²) in [5, 5.41) is 5.20. The molecule has 0 unspecified atom stereocenters. The Morgan fingerprint density at radius 2 is 2.06 bits per heavy atom. The lowest BCUT2D eigenvalue weighted by atomic mass is 10.1. The van der Waals surface area contributed by atoms with E-state index in [4.69, 9.17) is 0 Å². The van der Waals surface area contributed by atoms with Crippen LogP contribution in [0.4, 0.5) is 0 Å². The summed E-state index contributed by atoms with van der Waals surface area (Å²) in [5.41, 5.74) is 1.98. The second-order valence-electron chi connectivity index (χ2n) is 3.88. The fourth-order valence-electron chi connectivity index (χ4n) is 1.82. The molecule has 0 aliphatic carbocycles. The van der Waals surface area contributed by atoms with Crippen molar-refractivity contribution < 1.29 is 0 Å². The molecule has 3 heteroatoms. The average Bonchev–Trinajstić information content (AvgIpc) is 2.92. The molecule has 0 fully saturated rings. The number of aromatic nitrogens is 3. The van der Waals surface area contributed by atoms with Crippen LogP contribution in [0.1, 0.15) is 5.56 Å². The molecule has 2 aromatic heterocycles. The topological polar surface area (TPSA) is 30.7 Å². The zero-order valence-corrected chi connectivity index (χ0v) is 9.74. The molecule has 0 spiro atoms. The van der Waals surface area contributed by atoms with Crippen molar-refractivity contribution in [2.45, 2.75) is 6.54 Å². The van der Waals surface area contributed by atoms with Gasteiger partial charge in [0.15, 0.2) is 0 Å². The van der Waals surface area contributed by atoms with Gasteiger partial charge in [0.05, 0.1) is 5.52 Å². The molecule has 0 saturated carbocycles. The van der Waals surface area contributed by atoms with Crippen LogP contribution in [0.2, 0.25) is 0 Å². The molecule has 3 aromatic rings. The lowest BCUT2D eigenvalue weighted by Gasteiger charge is -1.98. The Labute approximate surface area is 105 Å². The number of pyridine rings is 1. The quantitative estimate of drug-likeness (QED) is 0.604. The Kier molecular flexibility index (Phi) is 2.77. The van der Waals surface area contributed by atoms with Crippen LogP contribution < -0.4 is 0 Å². The molecular weight excluding hydrogens is 222 g/mol. The molecule has 0 aliphatic heterocycles. The smallest absolute Gasteiger partial charge is 0.102 e. The van der Waals surface area contributed by atoms with Gasteiger partial charge in [-0.25, -0.2) is 0 Å². The summed E-state index contributed by atoms with van der Waals surface area (Å²) in [6.45, 7) is 0.601. The van der Waals surface area contributed by atoms with Crippen LogP contribution >= 0.6 is 0 Å². The molecule has 0 aliphatic rings. The highest BCUT2D eigenvalue weighted by molar-refractivity contribution is 5.84. The molecule has 0 N–H and O–H groups in total. The van der Waals surface area contributed by atoms with Crippen LogP contribution in [-0.4, -0.2) is 14.8 Å². The van der Waals surface area contributed by atoms with Crippen LogP contribution in [0.3, 0.4) is 0 Å². The number of nitrogens with zero attached hydrogens (tertiary/aromatic N) is 3. The van der Waals surface area contributed by atoms with Crippen molar-refractivity contribution in [3.05, 3.63) is 60.6 Å². The second-order valence-corrected chi connectivity index (χ2v) is 3.88. The van der Waals surface area contributed by atoms with E-state index in [0.29, 0.717) is 6.54 Å². The third-order valence-electron chi connectivity index (χ3n) is 2.67. The van der Waals surface area contributed by atoms with Gasteiger partial charge in [-0.1, -0.05) is 24.0 Å². The first-order chi connectivity index (χ1) is 8.93. The number of hydrogen-bond acceptors (Lipinski definition) is 2. The zero-order chi connectivity index (χ0) is 12.2. The standard InChI is InChI=1S/C15H11N3/c1-5-13(6-3-11-18-12-4-10-17-18)14-7-2-9-16-15(14)8-1/h1-2,4-5,7-10,12H,11H2. The van der Waals surface area contributed by atoms with Gasteiger partial charge in [-0.3, -0.25) is 9.67 Å². The molecule has 0 atom stereocenters. The first-order valence-electron chi connectivity index (χ1n) is 5.73. The number of hydrogen-bond donors (Lipinski definition) is 0. The molecule has 86 valence electrons. The number of fused-ring (bicyclic) bond motifs is 1. The predicted octanol–water partition coefficient (Wildman–Crippen LogP) is 2.48. The van der Waals surface area contributed by atoms with Gasteiger partial charge in [-0.2, -0.15) is 5.10 Å². The summed E-state index contributed by atoms with van der Waals surface area (Å²) in [6.07, 6.45) is 5.45. The number of rotatable bonds is 1. The summed E-state index contributed by atoms with van der Waals surface area (Å²) >= 11 is 0. The van der Waals surface area contributed by atoms with E-state index in [-0.39, 0.29) is 0 Å². The van der Waals surface area contributed by atoms with E-state index in [2.05, 4.69) is 21.9 Å². The van der Waals surface area contributed by atoms with E-state index in [1.165, 1.54) is 0 Å².